The second kappa shape index (κ2) is 5.89. The van der Waals surface area contributed by atoms with E-state index in [0.29, 0.717) is 5.84 Å². The van der Waals surface area contributed by atoms with Crippen molar-refractivity contribution >= 4 is 46.0 Å². The van der Waals surface area contributed by atoms with Gasteiger partial charge in [0, 0.05) is 22.5 Å². The number of aryl methyl sites for hydroxylation is 2. The van der Waals surface area contributed by atoms with Crippen LogP contribution in [0.4, 0.5) is 5.69 Å². The summed E-state index contributed by atoms with van der Waals surface area (Å²) in [5.74, 6) is 0.484. The van der Waals surface area contributed by atoms with Crippen LogP contribution < -0.4 is 16.6 Å². The molecule has 0 aliphatic heterocycles. The Bertz CT molecular complexity index is 430. The number of amidine groups is 1. The summed E-state index contributed by atoms with van der Waals surface area (Å²) in [7, 11) is 12.8. The van der Waals surface area contributed by atoms with Crippen LogP contribution in [0.5, 0.6) is 0 Å². The van der Waals surface area contributed by atoms with Gasteiger partial charge in [0.15, 0.2) is 0 Å². The molecular weight excluding hydrogens is 205 g/mol. The zero-order valence-electron chi connectivity index (χ0n) is 10.5. The van der Waals surface area contributed by atoms with Crippen LogP contribution in [-0.2, 0) is 0 Å². The molecule has 81 valence electrons. The van der Waals surface area contributed by atoms with Crippen molar-refractivity contribution in [1.29, 1.82) is 0 Å². The first-order valence-electron chi connectivity index (χ1n) is 5.43. The number of nitrogens with zero attached hydrogens (tertiary/aromatic N) is 1. The Morgan fingerprint density at radius 3 is 2.59 bits per heavy atom. The van der Waals surface area contributed by atoms with Crippen LogP contribution in [0.3, 0.4) is 0 Å². The van der Waals surface area contributed by atoms with Crippen molar-refractivity contribution < 1.29 is 0 Å². The molecule has 0 aliphatic carbocycles. The molecule has 1 aromatic carbocycles. The molecule has 3 nitrogen and oxygen atoms in total. The van der Waals surface area contributed by atoms with Gasteiger partial charge >= 0.3 is 0 Å². The molecule has 0 spiro atoms. The number of nitrogens with two attached hydrogens (primary N) is 1. The maximum Gasteiger partial charge on any atom is 0.116 e. The number of hydrazone groups is 1. The highest BCUT2D eigenvalue weighted by molar-refractivity contribution is 7.50. The van der Waals surface area contributed by atoms with Gasteiger partial charge in [-0.3, -0.25) is 5.43 Å². The highest BCUT2D eigenvalue weighted by Gasteiger charge is 2.11. The molecule has 0 fully saturated rings. The molecule has 0 saturated carbocycles. The van der Waals surface area contributed by atoms with Gasteiger partial charge in [-0.1, -0.05) is 17.1 Å². The van der Waals surface area contributed by atoms with Crippen LogP contribution in [0.25, 0.3) is 0 Å². The van der Waals surface area contributed by atoms with Crippen molar-refractivity contribution in [2.45, 2.75) is 20.8 Å². The first-order valence-corrected chi connectivity index (χ1v) is 5.43. The molecule has 0 aromatic heterocycles. The van der Waals surface area contributed by atoms with Crippen molar-refractivity contribution in [2.75, 3.05) is 5.43 Å². The molecule has 5 radical (unpaired) electrons. The van der Waals surface area contributed by atoms with Crippen LogP contribution in [-0.4, -0.2) is 34.9 Å². The third-order valence-corrected chi connectivity index (χ3v) is 2.53. The van der Waals surface area contributed by atoms with E-state index < -0.39 is 0 Å². The molecule has 1 aromatic rings. The number of nitrogens with one attached hydrogen (secondary N) is 1. The highest BCUT2D eigenvalue weighted by atomic mass is 15.3. The van der Waals surface area contributed by atoms with E-state index in [2.05, 4.69) is 10.5 Å². The van der Waals surface area contributed by atoms with Crippen molar-refractivity contribution in [3.8, 4) is 0 Å². The van der Waals surface area contributed by atoms with E-state index in [9.17, 15) is 0 Å². The first-order chi connectivity index (χ1) is 7.95. The summed E-state index contributed by atoms with van der Waals surface area (Å²) in [5.41, 5.74) is 12.4. The molecule has 7 heteroatoms. The predicted molar refractivity (Wildman–Crippen MR) is 79.5 cm³/mol. The van der Waals surface area contributed by atoms with Gasteiger partial charge in [0.05, 0.1) is 12.2 Å². The summed E-state index contributed by atoms with van der Waals surface area (Å²) in [6, 6.07) is 3.99. The van der Waals surface area contributed by atoms with E-state index in [1.54, 1.807) is 6.92 Å². The van der Waals surface area contributed by atoms with Crippen LogP contribution in [0, 0.1) is 13.8 Å². The maximum absolute atomic E-state index is 5.89. The fourth-order valence-corrected chi connectivity index (χ4v) is 1.57. The number of hydrogen-bond donors (Lipinski definition) is 2. The summed E-state index contributed by atoms with van der Waals surface area (Å²) in [4.78, 5) is 0. The van der Waals surface area contributed by atoms with E-state index in [1.807, 2.05) is 26.0 Å². The van der Waals surface area contributed by atoms with Gasteiger partial charge in [-0.05, 0) is 32.4 Å². The molecule has 3 N–H and O–H groups in total. The largest absolute Gasteiger partial charge is 0.386 e. The fraction of sp³-hybridized carbons (Fsp3) is 0.300. The Hall–Kier alpha value is -1.25. The Kier molecular flexibility index (Phi) is 4.79. The standard InChI is InChI=1S/C10H14B4N3/c1-6-5-10(17-16-8(3)15)7(2)4-9(6)14(12)13-11/h4-5,17H,1-3H3,(H2,15,16). The normalized spacial score (nSPS) is 11.1. The van der Waals surface area contributed by atoms with Crippen molar-refractivity contribution in [3.63, 3.8) is 0 Å². The summed E-state index contributed by atoms with van der Waals surface area (Å²) >= 11 is 0. The topological polar surface area (TPSA) is 50.4 Å². The van der Waals surface area contributed by atoms with Gasteiger partial charge in [-0.15, -0.1) is 0 Å². The third-order valence-electron chi connectivity index (χ3n) is 2.53. The van der Waals surface area contributed by atoms with Crippen LogP contribution in [0.1, 0.15) is 18.1 Å². The Balaban J connectivity index is 3.05. The number of rotatable bonds is 4. The van der Waals surface area contributed by atoms with Gasteiger partial charge < -0.3 is 5.73 Å². The van der Waals surface area contributed by atoms with E-state index in [4.69, 9.17) is 21.2 Å². The molecule has 0 amide bonds. The monoisotopic (exact) mass is 220 g/mol. The summed E-state index contributed by atoms with van der Waals surface area (Å²) in [5, 5.41) is 3.97. The highest BCUT2D eigenvalue weighted by Crippen LogP contribution is 2.15. The molecule has 0 unspecified atom stereocenters. The lowest BCUT2D eigenvalue weighted by atomic mass is 9.03. The zero-order valence-corrected chi connectivity index (χ0v) is 10.5. The third kappa shape index (κ3) is 3.62. The maximum atomic E-state index is 5.89. The van der Waals surface area contributed by atoms with E-state index in [1.165, 1.54) is 7.06 Å². The first kappa shape index (κ1) is 13.8. The van der Waals surface area contributed by atoms with E-state index in [-0.39, 0.29) is 6.49 Å². The van der Waals surface area contributed by atoms with Gasteiger partial charge in [-0.25, -0.2) is 0 Å². The summed E-state index contributed by atoms with van der Waals surface area (Å²) in [6.07, 6.45) is 0. The predicted octanol–water partition coefficient (Wildman–Crippen LogP) is -0.341. The van der Waals surface area contributed by atoms with Crippen molar-refractivity contribution in [2.24, 2.45) is 10.8 Å². The minimum atomic E-state index is -0.248. The van der Waals surface area contributed by atoms with Gasteiger partial charge in [-0.2, -0.15) is 5.10 Å². The SMILES string of the molecule is [B][B]B([B])c1cc(C)c(NN=C(C)N)cc1C. The summed E-state index contributed by atoms with van der Waals surface area (Å²) < 4.78 is 0. The number of hydrogen-bond acceptors (Lipinski definition) is 2. The summed E-state index contributed by atoms with van der Waals surface area (Å²) in [6.45, 7) is 5.45. The average Bonchev–Trinajstić information content (AvgIpc) is 2.28. The second-order valence-corrected chi connectivity index (χ2v) is 4.11. The lowest BCUT2D eigenvalue weighted by Crippen LogP contribution is -2.39. The number of benzene rings is 1. The van der Waals surface area contributed by atoms with Crippen LogP contribution in [0.2, 0.25) is 0 Å². The molecule has 0 saturated heterocycles. The molecule has 1 rings (SSSR count). The zero-order chi connectivity index (χ0) is 13.0. The van der Waals surface area contributed by atoms with Gasteiger partial charge in [0.1, 0.15) is 5.84 Å². The average molecular weight is 219 g/mol. The quantitative estimate of drug-likeness (QED) is 0.315. The smallest absolute Gasteiger partial charge is 0.116 e. The molecule has 0 heterocycles. The Morgan fingerprint density at radius 2 is 2.06 bits per heavy atom. The second-order valence-electron chi connectivity index (χ2n) is 4.11. The molecule has 0 bridgehead atoms. The van der Waals surface area contributed by atoms with Gasteiger partial charge in [0.25, 0.3) is 0 Å². The van der Waals surface area contributed by atoms with Crippen LogP contribution >= 0.6 is 0 Å². The van der Waals surface area contributed by atoms with Crippen LogP contribution in [0.15, 0.2) is 17.2 Å². The lowest BCUT2D eigenvalue weighted by Gasteiger charge is -2.15. The Labute approximate surface area is 107 Å². The number of anilines is 1. The minimum Gasteiger partial charge on any atom is -0.386 e. The van der Waals surface area contributed by atoms with Crippen molar-refractivity contribution in [1.82, 2.24) is 0 Å². The Morgan fingerprint density at radius 1 is 1.41 bits per heavy atom. The molecule has 0 atom stereocenters. The van der Waals surface area contributed by atoms with E-state index in [0.717, 1.165) is 22.3 Å². The van der Waals surface area contributed by atoms with E-state index >= 15 is 0 Å². The minimum absolute atomic E-state index is 0.248. The van der Waals surface area contributed by atoms with Crippen molar-refractivity contribution in [3.05, 3.63) is 23.3 Å². The lowest BCUT2D eigenvalue weighted by molar-refractivity contribution is 1.27. The molecule has 17 heavy (non-hydrogen) atoms. The molecule has 0 aliphatic rings. The fourth-order valence-electron chi connectivity index (χ4n) is 1.57. The van der Waals surface area contributed by atoms with Gasteiger partial charge in [0.2, 0.25) is 0 Å². The molecular formula is C10H14B4N3.